The van der Waals surface area contributed by atoms with Crippen molar-refractivity contribution in [3.05, 3.63) is 76.0 Å². The summed E-state index contributed by atoms with van der Waals surface area (Å²) in [5.41, 5.74) is 2.03. The highest BCUT2D eigenvalue weighted by atomic mass is 35.5. The summed E-state index contributed by atoms with van der Waals surface area (Å²) in [7, 11) is 0. The second-order valence-corrected chi connectivity index (χ2v) is 8.48. The molecule has 1 heterocycles. The quantitative estimate of drug-likeness (QED) is 0.496. The Balaban J connectivity index is 1.42. The fourth-order valence-electron chi connectivity index (χ4n) is 2.36. The lowest BCUT2D eigenvalue weighted by Gasteiger charge is -2.06. The van der Waals surface area contributed by atoms with E-state index < -0.39 is 0 Å². The van der Waals surface area contributed by atoms with Crippen LogP contribution in [0.15, 0.2) is 58.3 Å². The number of thiazole rings is 1. The molecular formula is C20H17ClFN3O2S2. The highest BCUT2D eigenvalue weighted by Gasteiger charge is 2.11. The fraction of sp³-hybridized carbons (Fsp3) is 0.150. The van der Waals surface area contributed by atoms with Gasteiger partial charge in [-0.1, -0.05) is 41.6 Å². The number of nitrogens with zero attached hydrogens (tertiary/aromatic N) is 1. The predicted octanol–water partition coefficient (Wildman–Crippen LogP) is 4.53. The Morgan fingerprint density at radius 3 is 2.62 bits per heavy atom. The van der Waals surface area contributed by atoms with E-state index in [4.69, 9.17) is 11.6 Å². The fourth-order valence-corrected chi connectivity index (χ4v) is 4.20. The van der Waals surface area contributed by atoms with Crippen LogP contribution in [0.5, 0.6) is 0 Å². The van der Waals surface area contributed by atoms with Gasteiger partial charge in [-0.15, -0.1) is 11.3 Å². The van der Waals surface area contributed by atoms with Crippen molar-refractivity contribution in [1.82, 2.24) is 10.3 Å². The standard InChI is InChI=1S/C20H17ClFN3O2S2/c21-17-4-2-1-3-13(17)10-23-18(26)9-16-11-28-20(25-16)29-12-19(27)24-15-7-5-14(22)6-8-15/h1-8,11H,9-10,12H2,(H,23,26)(H,24,27). The van der Waals surface area contributed by atoms with E-state index in [-0.39, 0.29) is 29.8 Å². The van der Waals surface area contributed by atoms with E-state index in [1.54, 1.807) is 11.4 Å². The van der Waals surface area contributed by atoms with Crippen molar-refractivity contribution in [3.8, 4) is 0 Å². The van der Waals surface area contributed by atoms with Crippen molar-refractivity contribution in [2.75, 3.05) is 11.1 Å². The van der Waals surface area contributed by atoms with Crippen LogP contribution in [0.4, 0.5) is 10.1 Å². The average molecular weight is 450 g/mol. The third-order valence-corrected chi connectivity index (χ3v) is 6.20. The van der Waals surface area contributed by atoms with Gasteiger partial charge in [0.2, 0.25) is 11.8 Å². The summed E-state index contributed by atoms with van der Waals surface area (Å²) in [6.07, 6.45) is 0.156. The number of nitrogens with one attached hydrogen (secondary N) is 2. The average Bonchev–Trinajstić information content (AvgIpc) is 3.15. The van der Waals surface area contributed by atoms with Gasteiger partial charge in [0, 0.05) is 22.6 Å². The first-order valence-electron chi connectivity index (χ1n) is 8.62. The van der Waals surface area contributed by atoms with Crippen LogP contribution in [0.2, 0.25) is 5.02 Å². The summed E-state index contributed by atoms with van der Waals surface area (Å²) in [6, 6.07) is 12.9. The minimum Gasteiger partial charge on any atom is -0.352 e. The second kappa shape index (κ2) is 10.4. The molecule has 0 aliphatic heterocycles. The lowest BCUT2D eigenvalue weighted by Crippen LogP contribution is -2.24. The lowest BCUT2D eigenvalue weighted by atomic mass is 10.2. The molecule has 0 aliphatic rings. The molecule has 0 fully saturated rings. The maximum Gasteiger partial charge on any atom is 0.234 e. The SMILES string of the molecule is O=C(Cc1csc(SCC(=O)Nc2ccc(F)cc2)n1)NCc1ccccc1Cl. The molecule has 0 saturated heterocycles. The molecule has 150 valence electrons. The van der Waals surface area contributed by atoms with E-state index in [2.05, 4.69) is 15.6 Å². The van der Waals surface area contributed by atoms with Gasteiger partial charge in [-0.25, -0.2) is 9.37 Å². The molecule has 0 saturated carbocycles. The highest BCUT2D eigenvalue weighted by molar-refractivity contribution is 8.01. The van der Waals surface area contributed by atoms with Gasteiger partial charge in [0.15, 0.2) is 4.34 Å². The lowest BCUT2D eigenvalue weighted by molar-refractivity contribution is -0.120. The van der Waals surface area contributed by atoms with Crippen LogP contribution >= 0.6 is 34.7 Å². The van der Waals surface area contributed by atoms with Gasteiger partial charge in [0.05, 0.1) is 17.9 Å². The Kier molecular flexibility index (Phi) is 7.62. The van der Waals surface area contributed by atoms with Crippen LogP contribution in [0.1, 0.15) is 11.3 Å². The van der Waals surface area contributed by atoms with Gasteiger partial charge < -0.3 is 10.6 Å². The smallest absolute Gasteiger partial charge is 0.234 e. The summed E-state index contributed by atoms with van der Waals surface area (Å²) in [6.45, 7) is 0.355. The number of anilines is 1. The number of carbonyl (C=O) groups excluding carboxylic acids is 2. The molecule has 2 aromatic carbocycles. The topological polar surface area (TPSA) is 71.1 Å². The van der Waals surface area contributed by atoms with Gasteiger partial charge in [-0.05, 0) is 35.9 Å². The molecule has 1 aromatic heterocycles. The van der Waals surface area contributed by atoms with Crippen LogP contribution in [-0.4, -0.2) is 22.6 Å². The Labute approximate surface area is 180 Å². The molecular weight excluding hydrogens is 433 g/mol. The Morgan fingerprint density at radius 2 is 1.86 bits per heavy atom. The molecule has 29 heavy (non-hydrogen) atoms. The van der Waals surface area contributed by atoms with Gasteiger partial charge in [0.25, 0.3) is 0 Å². The number of carbonyl (C=O) groups is 2. The van der Waals surface area contributed by atoms with Crippen molar-refractivity contribution in [1.29, 1.82) is 0 Å². The Morgan fingerprint density at radius 1 is 1.10 bits per heavy atom. The third kappa shape index (κ3) is 6.85. The molecule has 0 spiro atoms. The van der Waals surface area contributed by atoms with Crippen molar-refractivity contribution < 1.29 is 14.0 Å². The largest absolute Gasteiger partial charge is 0.352 e. The number of benzene rings is 2. The number of amides is 2. The summed E-state index contributed by atoms with van der Waals surface area (Å²) < 4.78 is 13.6. The summed E-state index contributed by atoms with van der Waals surface area (Å²) in [5.74, 6) is -0.552. The minimum atomic E-state index is -0.358. The third-order valence-electron chi connectivity index (χ3n) is 3.76. The molecule has 0 unspecified atom stereocenters. The maximum atomic E-state index is 12.9. The predicted molar refractivity (Wildman–Crippen MR) is 115 cm³/mol. The number of rotatable bonds is 8. The molecule has 3 aromatic rings. The number of halogens is 2. The summed E-state index contributed by atoms with van der Waals surface area (Å²) in [5, 5.41) is 7.92. The monoisotopic (exact) mass is 449 g/mol. The number of thioether (sulfide) groups is 1. The van der Waals surface area contributed by atoms with E-state index in [1.165, 1.54) is 47.4 Å². The van der Waals surface area contributed by atoms with Crippen LogP contribution in [0.25, 0.3) is 0 Å². The Hall–Kier alpha value is -2.42. The Bertz CT molecular complexity index is 995. The van der Waals surface area contributed by atoms with Crippen LogP contribution in [-0.2, 0) is 22.6 Å². The van der Waals surface area contributed by atoms with E-state index in [0.717, 1.165) is 5.56 Å². The van der Waals surface area contributed by atoms with Crippen molar-refractivity contribution in [3.63, 3.8) is 0 Å². The molecule has 5 nitrogen and oxygen atoms in total. The zero-order chi connectivity index (χ0) is 20.6. The highest BCUT2D eigenvalue weighted by Crippen LogP contribution is 2.23. The summed E-state index contributed by atoms with van der Waals surface area (Å²) >= 11 is 8.74. The number of aromatic nitrogens is 1. The first kappa shape index (κ1) is 21.3. The molecule has 0 bridgehead atoms. The van der Waals surface area contributed by atoms with Crippen LogP contribution in [0.3, 0.4) is 0 Å². The normalized spacial score (nSPS) is 10.6. The van der Waals surface area contributed by atoms with E-state index >= 15 is 0 Å². The molecule has 0 aliphatic carbocycles. The van der Waals surface area contributed by atoms with Crippen LogP contribution in [0, 0.1) is 5.82 Å². The van der Waals surface area contributed by atoms with Crippen molar-refractivity contribution in [2.24, 2.45) is 0 Å². The zero-order valence-corrected chi connectivity index (χ0v) is 17.5. The molecule has 2 amide bonds. The summed E-state index contributed by atoms with van der Waals surface area (Å²) in [4.78, 5) is 28.5. The van der Waals surface area contributed by atoms with Gasteiger partial charge in [0.1, 0.15) is 5.82 Å². The van der Waals surface area contributed by atoms with Crippen molar-refractivity contribution >= 4 is 52.2 Å². The maximum absolute atomic E-state index is 12.9. The zero-order valence-electron chi connectivity index (χ0n) is 15.2. The first-order chi connectivity index (χ1) is 14.0. The molecule has 0 radical (unpaired) electrons. The van der Waals surface area contributed by atoms with Gasteiger partial charge >= 0.3 is 0 Å². The van der Waals surface area contributed by atoms with Crippen LogP contribution < -0.4 is 10.6 Å². The van der Waals surface area contributed by atoms with E-state index in [9.17, 15) is 14.0 Å². The van der Waals surface area contributed by atoms with Gasteiger partial charge in [-0.2, -0.15) is 0 Å². The first-order valence-corrected chi connectivity index (χ1v) is 10.9. The van der Waals surface area contributed by atoms with E-state index in [1.807, 2.05) is 18.2 Å². The molecule has 9 heteroatoms. The van der Waals surface area contributed by atoms with E-state index in [0.29, 0.717) is 27.3 Å². The van der Waals surface area contributed by atoms with Gasteiger partial charge in [-0.3, -0.25) is 9.59 Å². The number of hydrogen-bond donors (Lipinski definition) is 2. The molecule has 3 rings (SSSR count). The minimum absolute atomic E-state index is 0.152. The molecule has 0 atom stereocenters. The van der Waals surface area contributed by atoms with Crippen molar-refractivity contribution in [2.45, 2.75) is 17.3 Å². The molecule has 2 N–H and O–H groups in total. The second-order valence-electron chi connectivity index (χ2n) is 5.99. The number of hydrogen-bond acceptors (Lipinski definition) is 5.